The van der Waals surface area contributed by atoms with Crippen molar-refractivity contribution in [2.45, 2.75) is 56.1 Å². The molecule has 0 N–H and O–H groups in total. The number of halogens is 1. The van der Waals surface area contributed by atoms with Crippen LogP contribution in [0, 0.1) is 0 Å². The number of benzene rings is 1. The van der Waals surface area contributed by atoms with Gasteiger partial charge >= 0.3 is 0 Å². The van der Waals surface area contributed by atoms with Gasteiger partial charge < -0.3 is 9.47 Å². The average molecular weight is 361 g/mol. The summed E-state index contributed by atoms with van der Waals surface area (Å²) in [7, 11) is 0. The quantitative estimate of drug-likeness (QED) is 0.678. The fraction of sp³-hybridized carbons (Fsp3) is 0.579. The van der Waals surface area contributed by atoms with Crippen LogP contribution < -0.4 is 0 Å². The summed E-state index contributed by atoms with van der Waals surface area (Å²) in [5, 5.41) is 0. The van der Waals surface area contributed by atoms with Crippen molar-refractivity contribution in [3.05, 3.63) is 38.9 Å². The minimum atomic E-state index is -0.280. The average Bonchev–Trinajstić information content (AvgIpc) is 3.21. The monoisotopic (exact) mass is 360 g/mol. The Balaban J connectivity index is 1.53. The Morgan fingerprint density at radius 2 is 1.59 bits per heavy atom. The molecule has 0 atom stereocenters. The van der Waals surface area contributed by atoms with E-state index in [0.29, 0.717) is 0 Å². The van der Waals surface area contributed by atoms with Crippen molar-refractivity contribution in [3.8, 4) is 0 Å². The lowest BCUT2D eigenvalue weighted by Gasteiger charge is -2.43. The minimum absolute atomic E-state index is 0.174. The smallest absolute Gasteiger partial charge is 0.168 e. The maximum absolute atomic E-state index is 5.92. The maximum atomic E-state index is 5.92. The van der Waals surface area contributed by atoms with Gasteiger partial charge in [-0.3, -0.25) is 0 Å². The van der Waals surface area contributed by atoms with E-state index in [4.69, 9.17) is 9.47 Å². The van der Waals surface area contributed by atoms with Crippen molar-refractivity contribution < 1.29 is 9.47 Å². The van der Waals surface area contributed by atoms with Gasteiger partial charge in [0.05, 0.1) is 13.2 Å². The zero-order chi connectivity index (χ0) is 14.8. The molecule has 5 rings (SSSR count). The molecule has 3 heteroatoms. The molecule has 0 radical (unpaired) electrons. The maximum Gasteiger partial charge on any atom is 0.168 e. The molecule has 116 valence electrons. The van der Waals surface area contributed by atoms with E-state index in [1.54, 1.807) is 16.7 Å². The Kier molecular flexibility index (Phi) is 2.93. The van der Waals surface area contributed by atoms with Crippen LogP contribution in [-0.4, -0.2) is 19.0 Å². The lowest BCUT2D eigenvalue weighted by atomic mass is 9.68. The first kappa shape index (κ1) is 13.8. The summed E-state index contributed by atoms with van der Waals surface area (Å²) in [5.41, 5.74) is 6.32. The van der Waals surface area contributed by atoms with E-state index in [-0.39, 0.29) is 11.2 Å². The molecule has 0 aromatic heterocycles. The van der Waals surface area contributed by atoms with Gasteiger partial charge in [0, 0.05) is 22.7 Å². The van der Waals surface area contributed by atoms with Gasteiger partial charge in [-0.05, 0) is 60.4 Å². The normalized spacial score (nSPS) is 27.2. The molecule has 1 saturated heterocycles. The summed E-state index contributed by atoms with van der Waals surface area (Å²) >= 11 is 3.90. The molecule has 0 unspecified atom stereocenters. The number of ether oxygens (including phenoxy) is 2. The lowest BCUT2D eigenvalue weighted by Crippen LogP contribution is -2.41. The molecule has 2 nitrogen and oxygen atoms in total. The second-order valence-corrected chi connectivity index (χ2v) is 8.10. The van der Waals surface area contributed by atoms with E-state index in [9.17, 15) is 0 Å². The highest BCUT2D eigenvalue weighted by Crippen LogP contribution is 2.56. The summed E-state index contributed by atoms with van der Waals surface area (Å²) in [6, 6.07) is 4.96. The number of fused-ring (bicyclic) bond motifs is 3. The van der Waals surface area contributed by atoms with Crippen LogP contribution in [0.25, 0.3) is 6.08 Å². The van der Waals surface area contributed by atoms with E-state index in [2.05, 4.69) is 34.1 Å². The molecule has 1 aromatic rings. The summed E-state index contributed by atoms with van der Waals surface area (Å²) < 4.78 is 13.2. The first-order chi connectivity index (χ1) is 10.7. The first-order valence-corrected chi connectivity index (χ1v) is 9.32. The number of rotatable bonds is 0. The topological polar surface area (TPSA) is 18.5 Å². The van der Waals surface area contributed by atoms with Crippen LogP contribution in [0.4, 0.5) is 0 Å². The highest BCUT2D eigenvalue weighted by molar-refractivity contribution is 9.11. The Bertz CT molecular complexity index is 660. The molecular weight excluding hydrogens is 340 g/mol. The summed E-state index contributed by atoms with van der Waals surface area (Å²) in [4.78, 5) is 0. The minimum Gasteiger partial charge on any atom is -0.348 e. The van der Waals surface area contributed by atoms with Gasteiger partial charge in [-0.1, -0.05) is 28.1 Å². The molecule has 1 aromatic carbocycles. The lowest BCUT2D eigenvalue weighted by molar-refractivity contribution is -0.182. The van der Waals surface area contributed by atoms with Crippen LogP contribution in [-0.2, 0) is 27.7 Å². The van der Waals surface area contributed by atoms with Crippen molar-refractivity contribution in [1.82, 2.24) is 0 Å². The summed E-state index contributed by atoms with van der Waals surface area (Å²) in [5.74, 6) is -0.280. The molecule has 3 aliphatic carbocycles. The molecule has 0 amide bonds. The van der Waals surface area contributed by atoms with Crippen LogP contribution in [0.15, 0.2) is 16.6 Å². The Hall–Kier alpha value is -0.640. The second-order valence-electron chi connectivity index (χ2n) is 7.24. The fourth-order valence-corrected chi connectivity index (χ4v) is 5.79. The van der Waals surface area contributed by atoms with E-state index in [0.717, 1.165) is 38.9 Å². The number of hydrogen-bond donors (Lipinski definition) is 0. The summed E-state index contributed by atoms with van der Waals surface area (Å²) in [6.07, 6.45) is 10.5. The predicted octanol–water partition coefficient (Wildman–Crippen LogP) is 4.48. The predicted molar refractivity (Wildman–Crippen MR) is 90.2 cm³/mol. The molecule has 1 saturated carbocycles. The third kappa shape index (κ3) is 1.79. The molecule has 2 spiro atoms. The second kappa shape index (κ2) is 4.68. The van der Waals surface area contributed by atoms with E-state index >= 15 is 0 Å². The zero-order valence-electron chi connectivity index (χ0n) is 12.8. The van der Waals surface area contributed by atoms with Crippen LogP contribution >= 0.6 is 15.9 Å². The van der Waals surface area contributed by atoms with E-state index in [1.807, 2.05) is 0 Å². The number of hydrogen-bond acceptors (Lipinski definition) is 2. The fourth-order valence-electron chi connectivity index (χ4n) is 4.93. The van der Waals surface area contributed by atoms with Crippen molar-refractivity contribution in [1.29, 1.82) is 0 Å². The van der Waals surface area contributed by atoms with Gasteiger partial charge in [0.1, 0.15) is 0 Å². The summed E-state index contributed by atoms with van der Waals surface area (Å²) in [6.45, 7) is 1.52. The van der Waals surface area contributed by atoms with Gasteiger partial charge in [-0.25, -0.2) is 0 Å². The van der Waals surface area contributed by atoms with Crippen molar-refractivity contribution >= 4 is 22.0 Å². The first-order valence-electron chi connectivity index (χ1n) is 8.53. The van der Waals surface area contributed by atoms with Crippen molar-refractivity contribution in [2.75, 3.05) is 13.2 Å². The van der Waals surface area contributed by atoms with E-state index < -0.39 is 0 Å². The standard InChI is InChI=1S/C19H21BrO2/c20-17-12-15-10-13-2-1-3-14(13)11-16(15)18(17)4-6-19(7-5-18)21-8-9-22-19/h10-12H,1-9H2. The Morgan fingerprint density at radius 1 is 0.909 bits per heavy atom. The number of allylic oxidation sites excluding steroid dienone is 1. The largest absolute Gasteiger partial charge is 0.348 e. The van der Waals surface area contributed by atoms with Crippen LogP contribution in [0.3, 0.4) is 0 Å². The number of aryl methyl sites for hydroxylation is 2. The van der Waals surface area contributed by atoms with Gasteiger partial charge in [-0.15, -0.1) is 0 Å². The van der Waals surface area contributed by atoms with E-state index in [1.165, 1.54) is 29.3 Å². The third-order valence-corrected chi connectivity index (χ3v) is 7.19. The Labute approximate surface area is 140 Å². The van der Waals surface area contributed by atoms with Crippen LogP contribution in [0.5, 0.6) is 0 Å². The zero-order valence-corrected chi connectivity index (χ0v) is 14.4. The Morgan fingerprint density at radius 3 is 2.32 bits per heavy atom. The SMILES string of the molecule is BrC1=Cc2cc3c(cc2C12CCC1(CC2)OCCO1)CCC3. The molecular formula is C19H21BrO2. The van der Waals surface area contributed by atoms with Crippen LogP contribution in [0.2, 0.25) is 0 Å². The molecule has 1 heterocycles. The molecule has 1 aliphatic heterocycles. The molecule has 4 aliphatic rings. The molecule has 22 heavy (non-hydrogen) atoms. The third-order valence-electron chi connectivity index (χ3n) is 6.20. The van der Waals surface area contributed by atoms with Crippen molar-refractivity contribution in [3.63, 3.8) is 0 Å². The van der Waals surface area contributed by atoms with Gasteiger partial charge in [0.2, 0.25) is 0 Å². The van der Waals surface area contributed by atoms with Gasteiger partial charge in [0.25, 0.3) is 0 Å². The van der Waals surface area contributed by atoms with Gasteiger partial charge in [-0.2, -0.15) is 0 Å². The molecule has 0 bridgehead atoms. The van der Waals surface area contributed by atoms with Gasteiger partial charge in [0.15, 0.2) is 5.79 Å². The van der Waals surface area contributed by atoms with Crippen molar-refractivity contribution in [2.24, 2.45) is 0 Å². The molecule has 2 fully saturated rings. The highest BCUT2D eigenvalue weighted by atomic mass is 79.9. The van der Waals surface area contributed by atoms with Crippen LogP contribution in [0.1, 0.15) is 54.4 Å². The highest BCUT2D eigenvalue weighted by Gasteiger charge is 2.50.